The van der Waals surface area contributed by atoms with Gasteiger partial charge in [-0.3, -0.25) is 4.79 Å². The molecule has 0 aliphatic heterocycles. The van der Waals surface area contributed by atoms with Crippen molar-refractivity contribution >= 4 is 15.9 Å². The quantitative estimate of drug-likeness (QED) is 0.760. The number of hydrogen-bond acceptors (Lipinski definition) is 3. The van der Waals surface area contributed by atoms with Crippen LogP contribution in [0, 0.1) is 6.92 Å². The van der Waals surface area contributed by atoms with E-state index < -0.39 is 10.0 Å². The lowest BCUT2D eigenvalue weighted by Gasteiger charge is -2.08. The maximum atomic E-state index is 12.0. The smallest absolute Gasteiger partial charge is 0.251 e. The summed E-state index contributed by atoms with van der Waals surface area (Å²) in [5, 5.41) is 2.68. The maximum Gasteiger partial charge on any atom is 0.251 e. The number of amides is 1. The number of carbonyl (C=O) groups is 1. The molecule has 0 bridgehead atoms. The summed E-state index contributed by atoms with van der Waals surface area (Å²) in [6.45, 7) is 2.35. The average Bonchev–Trinajstić information content (AvgIpc) is 2.54. The topological polar surface area (TPSA) is 75.3 Å². The van der Waals surface area contributed by atoms with Gasteiger partial charge in [0.1, 0.15) is 0 Å². The molecule has 0 fully saturated rings. The third-order valence-corrected chi connectivity index (χ3v) is 4.60. The highest BCUT2D eigenvalue weighted by molar-refractivity contribution is 7.88. The van der Waals surface area contributed by atoms with E-state index in [4.69, 9.17) is 0 Å². The van der Waals surface area contributed by atoms with Crippen LogP contribution in [0.3, 0.4) is 0 Å². The molecule has 0 radical (unpaired) electrons. The van der Waals surface area contributed by atoms with E-state index in [1.807, 2.05) is 25.1 Å². The summed E-state index contributed by atoms with van der Waals surface area (Å²) in [6.07, 6.45) is 0. The van der Waals surface area contributed by atoms with Crippen molar-refractivity contribution in [2.75, 3.05) is 13.1 Å². The van der Waals surface area contributed by atoms with Crippen molar-refractivity contribution in [1.82, 2.24) is 10.0 Å². The SMILES string of the molecule is Cc1ccc(CS(=O)(=O)NCCNC(=O)c2ccccc2)cc1. The van der Waals surface area contributed by atoms with E-state index in [2.05, 4.69) is 10.0 Å². The summed E-state index contributed by atoms with van der Waals surface area (Å²) in [5.74, 6) is -0.289. The van der Waals surface area contributed by atoms with E-state index in [9.17, 15) is 13.2 Å². The summed E-state index contributed by atoms with van der Waals surface area (Å²) in [5.41, 5.74) is 2.37. The molecule has 0 heterocycles. The molecule has 1 amide bonds. The van der Waals surface area contributed by atoms with Crippen LogP contribution >= 0.6 is 0 Å². The van der Waals surface area contributed by atoms with Gasteiger partial charge in [0.2, 0.25) is 10.0 Å². The van der Waals surface area contributed by atoms with Crippen LogP contribution in [0.1, 0.15) is 21.5 Å². The first kappa shape index (κ1) is 17.2. The monoisotopic (exact) mass is 332 g/mol. The molecule has 0 saturated heterocycles. The fourth-order valence-corrected chi connectivity index (χ4v) is 3.18. The van der Waals surface area contributed by atoms with Crippen LogP contribution in [0.15, 0.2) is 54.6 Å². The first-order valence-corrected chi connectivity index (χ1v) is 8.98. The molecule has 2 N–H and O–H groups in total. The molecule has 122 valence electrons. The van der Waals surface area contributed by atoms with Crippen molar-refractivity contribution in [3.63, 3.8) is 0 Å². The molecule has 6 heteroatoms. The minimum Gasteiger partial charge on any atom is -0.351 e. The van der Waals surface area contributed by atoms with Gasteiger partial charge in [-0.1, -0.05) is 48.0 Å². The van der Waals surface area contributed by atoms with Crippen molar-refractivity contribution in [2.45, 2.75) is 12.7 Å². The predicted octanol–water partition coefficient (Wildman–Crippen LogP) is 1.84. The number of carbonyl (C=O) groups excluding carboxylic acids is 1. The highest BCUT2D eigenvalue weighted by atomic mass is 32.2. The van der Waals surface area contributed by atoms with Crippen LogP contribution in [-0.4, -0.2) is 27.4 Å². The number of nitrogens with one attached hydrogen (secondary N) is 2. The maximum absolute atomic E-state index is 12.0. The van der Waals surface area contributed by atoms with Crippen LogP contribution < -0.4 is 10.0 Å². The average molecular weight is 332 g/mol. The van der Waals surface area contributed by atoms with Gasteiger partial charge in [0.15, 0.2) is 0 Å². The van der Waals surface area contributed by atoms with Crippen molar-refractivity contribution in [3.8, 4) is 0 Å². The second kappa shape index (κ2) is 7.89. The van der Waals surface area contributed by atoms with Crippen molar-refractivity contribution in [1.29, 1.82) is 0 Å². The Balaban J connectivity index is 1.76. The van der Waals surface area contributed by atoms with Crippen LogP contribution in [-0.2, 0) is 15.8 Å². The van der Waals surface area contributed by atoms with E-state index in [1.54, 1.807) is 36.4 Å². The molecule has 0 spiro atoms. The molecular formula is C17H20N2O3S. The Hall–Kier alpha value is -2.18. The third kappa shape index (κ3) is 5.84. The van der Waals surface area contributed by atoms with E-state index in [0.29, 0.717) is 5.56 Å². The molecule has 0 aromatic heterocycles. The van der Waals surface area contributed by atoms with E-state index >= 15 is 0 Å². The number of benzene rings is 2. The van der Waals surface area contributed by atoms with Gasteiger partial charge in [-0.25, -0.2) is 13.1 Å². The van der Waals surface area contributed by atoms with Crippen LogP contribution in [0.25, 0.3) is 0 Å². The minimum atomic E-state index is -3.41. The first-order chi connectivity index (χ1) is 11.0. The van der Waals surface area contributed by atoms with Gasteiger partial charge in [-0.05, 0) is 24.6 Å². The molecule has 0 aliphatic rings. The van der Waals surface area contributed by atoms with E-state index in [0.717, 1.165) is 11.1 Å². The fourth-order valence-electron chi connectivity index (χ4n) is 2.03. The molecular weight excluding hydrogens is 312 g/mol. The van der Waals surface area contributed by atoms with Gasteiger partial charge in [0, 0.05) is 18.7 Å². The third-order valence-electron chi connectivity index (χ3n) is 3.25. The molecule has 0 saturated carbocycles. The van der Waals surface area contributed by atoms with Gasteiger partial charge in [0.05, 0.1) is 5.75 Å². The minimum absolute atomic E-state index is 0.0695. The van der Waals surface area contributed by atoms with Crippen molar-refractivity contribution < 1.29 is 13.2 Å². The van der Waals surface area contributed by atoms with Gasteiger partial charge in [-0.2, -0.15) is 0 Å². The summed E-state index contributed by atoms with van der Waals surface area (Å²) in [6, 6.07) is 16.1. The summed E-state index contributed by atoms with van der Waals surface area (Å²) >= 11 is 0. The number of aryl methyl sites for hydroxylation is 1. The molecule has 23 heavy (non-hydrogen) atoms. The zero-order chi connectivity index (χ0) is 16.7. The first-order valence-electron chi connectivity index (χ1n) is 7.32. The molecule has 0 unspecified atom stereocenters. The zero-order valence-corrected chi connectivity index (χ0v) is 13.8. The summed E-state index contributed by atoms with van der Waals surface area (Å²) < 4.78 is 26.4. The van der Waals surface area contributed by atoms with Crippen LogP contribution in [0.4, 0.5) is 0 Å². The van der Waals surface area contributed by atoms with Crippen LogP contribution in [0.5, 0.6) is 0 Å². The summed E-state index contributed by atoms with van der Waals surface area (Å²) in [7, 11) is -3.41. The highest BCUT2D eigenvalue weighted by Crippen LogP contribution is 2.06. The Labute approximate surface area is 136 Å². The van der Waals surface area contributed by atoms with E-state index in [-0.39, 0.29) is 24.7 Å². The lowest BCUT2D eigenvalue weighted by Crippen LogP contribution is -2.35. The zero-order valence-electron chi connectivity index (χ0n) is 13.0. The molecule has 0 atom stereocenters. The number of rotatable bonds is 7. The Morgan fingerprint density at radius 3 is 2.26 bits per heavy atom. The standard InChI is InChI=1S/C17H20N2O3S/c1-14-7-9-15(10-8-14)13-23(21,22)19-12-11-18-17(20)16-5-3-2-4-6-16/h2-10,19H,11-13H2,1H3,(H,18,20). The number of sulfonamides is 1. The van der Waals surface area contributed by atoms with Crippen LogP contribution in [0.2, 0.25) is 0 Å². The van der Waals surface area contributed by atoms with E-state index in [1.165, 1.54) is 0 Å². The highest BCUT2D eigenvalue weighted by Gasteiger charge is 2.11. The second-order valence-corrected chi connectivity index (χ2v) is 7.07. The molecule has 2 aromatic rings. The van der Waals surface area contributed by atoms with Gasteiger partial charge >= 0.3 is 0 Å². The van der Waals surface area contributed by atoms with Crippen molar-refractivity contribution in [2.24, 2.45) is 0 Å². The fraction of sp³-hybridized carbons (Fsp3) is 0.235. The Morgan fingerprint density at radius 2 is 1.61 bits per heavy atom. The van der Waals surface area contributed by atoms with Gasteiger partial charge in [0.25, 0.3) is 5.91 Å². The normalized spacial score (nSPS) is 11.2. The molecule has 2 rings (SSSR count). The molecule has 5 nitrogen and oxygen atoms in total. The lowest BCUT2D eigenvalue weighted by molar-refractivity contribution is 0.0954. The van der Waals surface area contributed by atoms with Gasteiger partial charge < -0.3 is 5.32 Å². The Kier molecular flexibility index (Phi) is 5.90. The largest absolute Gasteiger partial charge is 0.351 e. The van der Waals surface area contributed by atoms with Gasteiger partial charge in [-0.15, -0.1) is 0 Å². The Bertz CT molecular complexity index is 741. The summed E-state index contributed by atoms with van der Waals surface area (Å²) in [4.78, 5) is 11.8. The molecule has 0 aliphatic carbocycles. The Morgan fingerprint density at radius 1 is 0.957 bits per heavy atom. The number of hydrogen-bond donors (Lipinski definition) is 2. The predicted molar refractivity (Wildman–Crippen MR) is 90.6 cm³/mol. The molecule has 2 aromatic carbocycles. The second-order valence-electron chi connectivity index (χ2n) is 5.26. The lowest BCUT2D eigenvalue weighted by atomic mass is 10.2. The van der Waals surface area contributed by atoms with Crippen molar-refractivity contribution in [3.05, 3.63) is 71.3 Å².